The molecule has 1 aromatic rings. The molecule has 0 fully saturated rings. The molecule has 1 heterocycles. The predicted octanol–water partition coefficient (Wildman–Crippen LogP) is -2.20. The summed E-state index contributed by atoms with van der Waals surface area (Å²) < 4.78 is 0. The van der Waals surface area contributed by atoms with Crippen molar-refractivity contribution < 1.29 is 20.4 Å². The van der Waals surface area contributed by atoms with Crippen molar-refractivity contribution in [3.8, 4) is 12.1 Å². The summed E-state index contributed by atoms with van der Waals surface area (Å²) in [6, 6.07) is 3.77. The molecule has 0 aliphatic rings. The molecule has 130 valence electrons. The van der Waals surface area contributed by atoms with E-state index >= 15 is 0 Å². The largest absolute Gasteiger partial charge is 0.395 e. The Morgan fingerprint density at radius 1 is 0.667 bits per heavy atom. The molecule has 4 N–H and O–H groups in total. The second kappa shape index (κ2) is 10.3. The Bertz CT molecular complexity index is 547. The zero-order valence-electron chi connectivity index (χ0n) is 13.1. The summed E-state index contributed by atoms with van der Waals surface area (Å²) in [5.74, 6) is 0.183. The zero-order chi connectivity index (χ0) is 17.9. The van der Waals surface area contributed by atoms with Gasteiger partial charge in [0.1, 0.15) is 12.1 Å². The van der Waals surface area contributed by atoms with Crippen molar-refractivity contribution in [1.29, 1.82) is 10.5 Å². The van der Waals surface area contributed by atoms with Gasteiger partial charge in [-0.15, -0.1) is 0 Å². The molecule has 0 aliphatic carbocycles. The third-order valence-corrected chi connectivity index (χ3v) is 3.15. The maximum absolute atomic E-state index is 9.33. The van der Waals surface area contributed by atoms with Crippen LogP contribution in [0.1, 0.15) is 11.4 Å². The highest BCUT2D eigenvalue weighted by Crippen LogP contribution is 2.23. The number of hydrogen-bond donors (Lipinski definition) is 4. The molecule has 0 aliphatic heterocycles. The van der Waals surface area contributed by atoms with Crippen LogP contribution in [0.2, 0.25) is 0 Å². The first kappa shape index (κ1) is 19.5. The number of nitriles is 2. The Hall–Kier alpha value is -2.50. The van der Waals surface area contributed by atoms with Crippen molar-refractivity contribution in [2.24, 2.45) is 0 Å². The van der Waals surface area contributed by atoms with Crippen molar-refractivity contribution in [2.45, 2.75) is 0 Å². The molecule has 0 spiro atoms. The van der Waals surface area contributed by atoms with E-state index in [-0.39, 0.29) is 75.6 Å². The molecule has 1 aromatic heterocycles. The first-order valence-corrected chi connectivity index (χ1v) is 7.32. The second-order valence-corrected chi connectivity index (χ2v) is 4.66. The molecule has 0 unspecified atom stereocenters. The van der Waals surface area contributed by atoms with E-state index in [1.807, 2.05) is 12.1 Å². The molecule has 0 bridgehead atoms. The minimum atomic E-state index is -0.225. The van der Waals surface area contributed by atoms with Gasteiger partial charge in [-0.05, 0) is 0 Å². The van der Waals surface area contributed by atoms with Gasteiger partial charge in [0.25, 0.3) is 0 Å². The van der Waals surface area contributed by atoms with Crippen LogP contribution in [-0.2, 0) is 0 Å². The van der Waals surface area contributed by atoms with E-state index in [4.69, 9.17) is 20.4 Å². The van der Waals surface area contributed by atoms with Crippen molar-refractivity contribution in [1.82, 2.24) is 9.97 Å². The molecule has 24 heavy (non-hydrogen) atoms. The normalized spacial score (nSPS) is 10.1. The average Bonchev–Trinajstić information content (AvgIpc) is 2.60. The average molecular weight is 336 g/mol. The summed E-state index contributed by atoms with van der Waals surface area (Å²) >= 11 is 0. The first-order valence-electron chi connectivity index (χ1n) is 7.32. The van der Waals surface area contributed by atoms with E-state index in [0.717, 1.165) is 0 Å². The fourth-order valence-electron chi connectivity index (χ4n) is 2.14. The van der Waals surface area contributed by atoms with Gasteiger partial charge in [-0.25, -0.2) is 9.97 Å². The number of hydrogen-bond acceptors (Lipinski definition) is 10. The summed E-state index contributed by atoms with van der Waals surface area (Å²) in [5, 5.41) is 55.1. The fraction of sp³-hybridized carbons (Fsp3) is 0.571. The van der Waals surface area contributed by atoms with Gasteiger partial charge in [0.15, 0.2) is 23.0 Å². The molecule has 0 saturated carbocycles. The van der Waals surface area contributed by atoms with Crippen LogP contribution in [0, 0.1) is 22.7 Å². The summed E-state index contributed by atoms with van der Waals surface area (Å²) in [6.45, 7) is -0.435. The molecule has 0 aromatic carbocycles. The summed E-state index contributed by atoms with van der Waals surface area (Å²) in [7, 11) is 0. The second-order valence-electron chi connectivity index (χ2n) is 4.66. The number of aliphatic hydroxyl groups is 4. The molecule has 0 saturated heterocycles. The standard InChI is InChI=1S/C14H20N6O4/c15-9-11-13(19(1-5-21)2-6-22)17-12(10-16)14(18-11)20(3-7-23)4-8-24/h21-24H,1-8H2. The van der Waals surface area contributed by atoms with E-state index in [1.165, 1.54) is 9.80 Å². The number of rotatable bonds is 10. The third-order valence-electron chi connectivity index (χ3n) is 3.15. The van der Waals surface area contributed by atoms with Gasteiger partial charge in [0, 0.05) is 26.2 Å². The Morgan fingerprint density at radius 2 is 0.958 bits per heavy atom. The zero-order valence-corrected chi connectivity index (χ0v) is 13.1. The number of aliphatic hydroxyl groups excluding tert-OH is 4. The van der Waals surface area contributed by atoms with E-state index in [2.05, 4.69) is 9.97 Å². The molecule has 0 radical (unpaired) electrons. The minimum absolute atomic E-state index is 0.0771. The van der Waals surface area contributed by atoms with Crippen LogP contribution in [-0.4, -0.2) is 83.0 Å². The highest BCUT2D eigenvalue weighted by molar-refractivity contribution is 5.60. The van der Waals surface area contributed by atoms with Gasteiger partial charge in [0.2, 0.25) is 0 Å². The fourth-order valence-corrected chi connectivity index (χ4v) is 2.14. The van der Waals surface area contributed by atoms with Gasteiger partial charge in [0.05, 0.1) is 26.4 Å². The van der Waals surface area contributed by atoms with Crippen LogP contribution < -0.4 is 9.80 Å². The van der Waals surface area contributed by atoms with Crippen molar-refractivity contribution in [3.05, 3.63) is 11.4 Å². The van der Waals surface area contributed by atoms with Gasteiger partial charge in [-0.3, -0.25) is 0 Å². The Kier molecular flexibility index (Phi) is 8.39. The van der Waals surface area contributed by atoms with Crippen molar-refractivity contribution >= 4 is 11.6 Å². The molecular formula is C14H20N6O4. The Morgan fingerprint density at radius 3 is 1.17 bits per heavy atom. The Labute approximate surface area is 139 Å². The van der Waals surface area contributed by atoms with E-state index in [1.54, 1.807) is 0 Å². The maximum Gasteiger partial charge on any atom is 0.185 e. The van der Waals surface area contributed by atoms with E-state index < -0.39 is 0 Å². The van der Waals surface area contributed by atoms with Crippen LogP contribution in [0.4, 0.5) is 11.6 Å². The van der Waals surface area contributed by atoms with Gasteiger partial charge < -0.3 is 30.2 Å². The summed E-state index contributed by atoms with van der Waals surface area (Å²) in [5.41, 5.74) is -0.154. The SMILES string of the molecule is N#Cc1nc(N(CCO)CCO)c(C#N)nc1N(CCO)CCO. The molecule has 1 rings (SSSR count). The Balaban J connectivity index is 3.40. The molecule has 10 heteroatoms. The molecule has 10 nitrogen and oxygen atoms in total. The maximum atomic E-state index is 9.33. The lowest BCUT2D eigenvalue weighted by Crippen LogP contribution is -2.34. The van der Waals surface area contributed by atoms with Crippen molar-refractivity contribution in [3.63, 3.8) is 0 Å². The van der Waals surface area contributed by atoms with Crippen LogP contribution in [0.3, 0.4) is 0 Å². The number of anilines is 2. The topological polar surface area (TPSA) is 161 Å². The van der Waals surface area contributed by atoms with E-state index in [0.29, 0.717) is 0 Å². The quantitative estimate of drug-likeness (QED) is 0.369. The summed E-state index contributed by atoms with van der Waals surface area (Å²) in [6.07, 6.45) is 0. The predicted molar refractivity (Wildman–Crippen MR) is 84.2 cm³/mol. The monoisotopic (exact) mass is 336 g/mol. The summed E-state index contributed by atoms with van der Waals surface area (Å²) in [4.78, 5) is 11.2. The van der Waals surface area contributed by atoms with Gasteiger partial charge >= 0.3 is 0 Å². The number of nitrogens with zero attached hydrogens (tertiary/aromatic N) is 6. The lowest BCUT2D eigenvalue weighted by Gasteiger charge is -2.26. The molecule has 0 amide bonds. The lowest BCUT2D eigenvalue weighted by atomic mass is 10.3. The van der Waals surface area contributed by atoms with Gasteiger partial charge in [-0.1, -0.05) is 0 Å². The first-order chi connectivity index (χ1) is 11.7. The smallest absolute Gasteiger partial charge is 0.185 e. The lowest BCUT2D eigenvalue weighted by molar-refractivity contribution is 0.279. The minimum Gasteiger partial charge on any atom is -0.395 e. The van der Waals surface area contributed by atoms with Crippen LogP contribution in [0.15, 0.2) is 0 Å². The van der Waals surface area contributed by atoms with Crippen molar-refractivity contribution in [2.75, 3.05) is 62.4 Å². The number of aromatic nitrogens is 2. The third kappa shape index (κ3) is 4.75. The molecule has 0 atom stereocenters. The van der Waals surface area contributed by atoms with Gasteiger partial charge in [-0.2, -0.15) is 10.5 Å². The van der Waals surface area contributed by atoms with Crippen LogP contribution in [0.5, 0.6) is 0 Å². The highest BCUT2D eigenvalue weighted by Gasteiger charge is 2.21. The molecular weight excluding hydrogens is 316 g/mol. The highest BCUT2D eigenvalue weighted by atomic mass is 16.3. The van der Waals surface area contributed by atoms with Crippen LogP contribution >= 0.6 is 0 Å². The van der Waals surface area contributed by atoms with E-state index in [9.17, 15) is 10.5 Å². The van der Waals surface area contributed by atoms with Crippen LogP contribution in [0.25, 0.3) is 0 Å².